The molecule has 23 heavy (non-hydrogen) atoms. The van der Waals surface area contributed by atoms with E-state index in [2.05, 4.69) is 15.6 Å². The number of thiazole rings is 1. The van der Waals surface area contributed by atoms with Crippen LogP contribution in [0.2, 0.25) is 5.02 Å². The average molecular weight is 354 g/mol. The number of carbonyl (C=O) groups excluding carboxylic acids is 1. The van der Waals surface area contributed by atoms with Crippen LogP contribution in [0.4, 0.5) is 5.13 Å². The quantitative estimate of drug-likeness (QED) is 0.883. The fourth-order valence-corrected chi connectivity index (χ4v) is 3.19. The van der Waals surface area contributed by atoms with E-state index in [0.717, 1.165) is 17.8 Å². The smallest absolute Gasteiger partial charge is 0.256 e. The van der Waals surface area contributed by atoms with Crippen molar-refractivity contribution in [3.63, 3.8) is 0 Å². The van der Waals surface area contributed by atoms with Gasteiger partial charge >= 0.3 is 0 Å². The molecule has 122 valence electrons. The van der Waals surface area contributed by atoms with Crippen LogP contribution >= 0.6 is 22.9 Å². The molecule has 2 heterocycles. The Morgan fingerprint density at radius 3 is 3.13 bits per heavy atom. The molecule has 0 bridgehead atoms. The van der Waals surface area contributed by atoms with Gasteiger partial charge in [-0.3, -0.25) is 10.1 Å². The molecule has 6 nitrogen and oxygen atoms in total. The fraction of sp³-hybridized carbons (Fsp3) is 0.333. The van der Waals surface area contributed by atoms with Crippen molar-refractivity contribution in [3.8, 4) is 17.0 Å². The first-order valence-corrected chi connectivity index (χ1v) is 8.36. The number of hydrogen-bond donors (Lipinski definition) is 2. The zero-order chi connectivity index (χ0) is 16.2. The summed E-state index contributed by atoms with van der Waals surface area (Å²) in [7, 11) is 1.57. The van der Waals surface area contributed by atoms with E-state index < -0.39 is 6.10 Å². The molecule has 1 aromatic carbocycles. The Labute approximate surface area is 142 Å². The molecule has 1 amide bonds. The van der Waals surface area contributed by atoms with Gasteiger partial charge in [0.25, 0.3) is 5.91 Å². The Bertz CT molecular complexity index is 701. The summed E-state index contributed by atoms with van der Waals surface area (Å²) in [6.07, 6.45) is -0.480. The molecule has 0 aliphatic carbocycles. The Balaban J connectivity index is 1.70. The lowest BCUT2D eigenvalue weighted by Gasteiger charge is -2.22. The van der Waals surface area contributed by atoms with Gasteiger partial charge in [-0.05, 0) is 18.2 Å². The van der Waals surface area contributed by atoms with E-state index in [4.69, 9.17) is 21.1 Å². The van der Waals surface area contributed by atoms with Crippen LogP contribution in [0.1, 0.15) is 0 Å². The third-order valence-corrected chi connectivity index (χ3v) is 4.46. The largest absolute Gasteiger partial charge is 0.495 e. The molecule has 0 saturated carbocycles. The number of methoxy groups -OCH3 is 1. The highest BCUT2D eigenvalue weighted by Gasteiger charge is 2.22. The highest BCUT2D eigenvalue weighted by Crippen LogP contribution is 2.31. The lowest BCUT2D eigenvalue weighted by atomic mass is 10.2. The number of halogens is 1. The minimum atomic E-state index is -0.480. The van der Waals surface area contributed by atoms with Gasteiger partial charge in [0.15, 0.2) is 5.13 Å². The SMILES string of the molecule is COc1ccc(-c2csc(NC(=O)[C@H]3CNCCO3)n2)cc1Cl. The highest BCUT2D eigenvalue weighted by molar-refractivity contribution is 7.14. The first-order valence-electron chi connectivity index (χ1n) is 7.10. The van der Waals surface area contributed by atoms with E-state index in [1.54, 1.807) is 19.2 Å². The van der Waals surface area contributed by atoms with Crippen LogP contribution in [-0.4, -0.2) is 43.8 Å². The first kappa shape index (κ1) is 16.2. The van der Waals surface area contributed by atoms with Crippen molar-refractivity contribution >= 4 is 34.0 Å². The third-order valence-electron chi connectivity index (χ3n) is 3.40. The summed E-state index contributed by atoms with van der Waals surface area (Å²) in [5.41, 5.74) is 1.61. The lowest BCUT2D eigenvalue weighted by Crippen LogP contribution is -2.45. The molecule has 1 aliphatic rings. The molecule has 3 rings (SSSR count). The van der Waals surface area contributed by atoms with Gasteiger partial charge in [-0.2, -0.15) is 0 Å². The Morgan fingerprint density at radius 1 is 1.57 bits per heavy atom. The molecule has 1 saturated heterocycles. The van der Waals surface area contributed by atoms with Crippen molar-refractivity contribution in [2.24, 2.45) is 0 Å². The van der Waals surface area contributed by atoms with Gasteiger partial charge in [-0.15, -0.1) is 11.3 Å². The van der Waals surface area contributed by atoms with Crippen LogP contribution in [0.3, 0.4) is 0 Å². The fourth-order valence-electron chi connectivity index (χ4n) is 2.21. The predicted molar refractivity (Wildman–Crippen MR) is 90.4 cm³/mol. The van der Waals surface area contributed by atoms with Crippen LogP contribution in [0.25, 0.3) is 11.3 Å². The van der Waals surface area contributed by atoms with E-state index in [0.29, 0.717) is 29.1 Å². The third kappa shape index (κ3) is 3.81. The molecule has 1 aliphatic heterocycles. The van der Waals surface area contributed by atoms with E-state index >= 15 is 0 Å². The summed E-state index contributed by atoms with van der Waals surface area (Å²) in [5.74, 6) is 0.423. The zero-order valence-corrected chi connectivity index (χ0v) is 14.0. The monoisotopic (exact) mass is 353 g/mol. The highest BCUT2D eigenvalue weighted by atomic mass is 35.5. The van der Waals surface area contributed by atoms with E-state index in [9.17, 15) is 4.79 Å². The Morgan fingerprint density at radius 2 is 2.43 bits per heavy atom. The number of amides is 1. The van der Waals surface area contributed by atoms with Gasteiger partial charge in [0.05, 0.1) is 24.4 Å². The van der Waals surface area contributed by atoms with Gasteiger partial charge in [0.2, 0.25) is 0 Å². The molecule has 8 heteroatoms. The molecule has 1 atom stereocenters. The molecule has 2 N–H and O–H groups in total. The Kier molecular flexibility index (Phi) is 5.12. The van der Waals surface area contributed by atoms with E-state index in [-0.39, 0.29) is 5.91 Å². The summed E-state index contributed by atoms with van der Waals surface area (Å²) in [6, 6.07) is 5.45. The second-order valence-electron chi connectivity index (χ2n) is 4.94. The van der Waals surface area contributed by atoms with Gasteiger partial charge in [0, 0.05) is 24.0 Å². The number of anilines is 1. The standard InChI is InChI=1S/C15H16ClN3O3S/c1-21-12-3-2-9(6-10(12)16)11-8-23-15(18-11)19-14(20)13-7-17-4-5-22-13/h2-3,6,8,13,17H,4-5,7H2,1H3,(H,18,19,20)/t13-/m1/s1. The van der Waals surface area contributed by atoms with Crippen LogP contribution in [0, 0.1) is 0 Å². The molecule has 0 unspecified atom stereocenters. The number of nitrogens with zero attached hydrogens (tertiary/aromatic N) is 1. The second kappa shape index (κ2) is 7.27. The maximum absolute atomic E-state index is 12.1. The lowest BCUT2D eigenvalue weighted by molar-refractivity contribution is -0.128. The van der Waals surface area contributed by atoms with Crippen LogP contribution in [0.15, 0.2) is 23.6 Å². The second-order valence-corrected chi connectivity index (χ2v) is 6.21. The normalized spacial score (nSPS) is 17.7. The van der Waals surface area contributed by atoms with Crippen molar-refractivity contribution in [1.82, 2.24) is 10.3 Å². The van der Waals surface area contributed by atoms with Gasteiger partial charge in [0.1, 0.15) is 11.9 Å². The van der Waals surface area contributed by atoms with Gasteiger partial charge in [-0.1, -0.05) is 11.6 Å². The van der Waals surface area contributed by atoms with Gasteiger partial charge in [-0.25, -0.2) is 4.98 Å². The Hall–Kier alpha value is -1.67. The topological polar surface area (TPSA) is 72.5 Å². The number of carbonyl (C=O) groups is 1. The minimum absolute atomic E-state index is 0.189. The van der Waals surface area contributed by atoms with Crippen LogP contribution in [0.5, 0.6) is 5.75 Å². The molecule has 0 radical (unpaired) electrons. The number of aromatic nitrogens is 1. The zero-order valence-electron chi connectivity index (χ0n) is 12.5. The maximum Gasteiger partial charge on any atom is 0.256 e. The minimum Gasteiger partial charge on any atom is -0.495 e. The molecule has 2 aromatic rings. The summed E-state index contributed by atoms with van der Waals surface area (Å²) in [4.78, 5) is 16.5. The van der Waals surface area contributed by atoms with Crippen molar-refractivity contribution in [3.05, 3.63) is 28.6 Å². The molecule has 0 spiro atoms. The summed E-state index contributed by atoms with van der Waals surface area (Å²) < 4.78 is 10.5. The molecular weight excluding hydrogens is 338 g/mol. The van der Waals surface area contributed by atoms with Gasteiger partial charge < -0.3 is 14.8 Å². The maximum atomic E-state index is 12.1. The van der Waals surface area contributed by atoms with E-state index in [1.165, 1.54) is 11.3 Å². The van der Waals surface area contributed by atoms with Crippen molar-refractivity contribution in [1.29, 1.82) is 0 Å². The van der Waals surface area contributed by atoms with Crippen LogP contribution < -0.4 is 15.4 Å². The summed E-state index contributed by atoms with van der Waals surface area (Å²) in [6.45, 7) is 1.81. The predicted octanol–water partition coefficient (Wildman–Crippen LogP) is 2.40. The van der Waals surface area contributed by atoms with Crippen molar-refractivity contribution in [2.75, 3.05) is 32.1 Å². The first-order chi connectivity index (χ1) is 11.2. The molecule has 1 fully saturated rings. The number of rotatable bonds is 4. The average Bonchev–Trinajstić information content (AvgIpc) is 3.04. The molecule has 1 aromatic heterocycles. The molecular formula is C15H16ClN3O3S. The summed E-state index contributed by atoms with van der Waals surface area (Å²) in [5, 5.41) is 8.83. The number of morpholine rings is 1. The van der Waals surface area contributed by atoms with Crippen molar-refractivity contribution in [2.45, 2.75) is 6.10 Å². The van der Waals surface area contributed by atoms with E-state index in [1.807, 2.05) is 11.4 Å². The van der Waals surface area contributed by atoms with Crippen LogP contribution in [-0.2, 0) is 9.53 Å². The number of ether oxygens (including phenoxy) is 2. The number of hydrogen-bond acceptors (Lipinski definition) is 6. The number of benzene rings is 1. The number of nitrogens with one attached hydrogen (secondary N) is 2. The summed E-state index contributed by atoms with van der Waals surface area (Å²) >= 11 is 7.49. The van der Waals surface area contributed by atoms with Crippen molar-refractivity contribution < 1.29 is 14.3 Å².